The number of halogens is 1. The molecule has 2 heterocycles. The van der Waals surface area contributed by atoms with Crippen molar-refractivity contribution in [2.75, 3.05) is 5.32 Å². The summed E-state index contributed by atoms with van der Waals surface area (Å²) in [7, 11) is 0. The predicted molar refractivity (Wildman–Crippen MR) is 81.2 cm³/mol. The number of aromatic nitrogens is 4. The van der Waals surface area contributed by atoms with Gasteiger partial charge in [-0.25, -0.2) is 0 Å². The van der Waals surface area contributed by atoms with E-state index in [4.69, 9.17) is 0 Å². The number of aromatic amines is 1. The fourth-order valence-electron chi connectivity index (χ4n) is 2.17. The molecule has 0 bridgehead atoms. The molecule has 20 heavy (non-hydrogen) atoms. The molecule has 2 aromatic carbocycles. The van der Waals surface area contributed by atoms with Crippen molar-refractivity contribution >= 4 is 39.1 Å². The van der Waals surface area contributed by atoms with Gasteiger partial charge >= 0.3 is 0 Å². The van der Waals surface area contributed by atoms with Crippen LogP contribution in [-0.4, -0.2) is 20.6 Å². The molecule has 98 valence electrons. The molecule has 1 aliphatic rings. The highest BCUT2D eigenvalue weighted by atomic mass is 79.9. The summed E-state index contributed by atoms with van der Waals surface area (Å²) in [5.41, 5.74) is 3.01. The second kappa shape index (κ2) is 4.60. The first-order chi connectivity index (χ1) is 9.83. The second-order valence-electron chi connectivity index (χ2n) is 4.25. The van der Waals surface area contributed by atoms with Crippen molar-refractivity contribution in [2.24, 2.45) is 0 Å². The lowest BCUT2D eigenvalue weighted by Crippen LogP contribution is -2.02. The van der Waals surface area contributed by atoms with E-state index in [1.807, 2.05) is 18.2 Å². The Balaban J connectivity index is 1.92. The maximum Gasteiger partial charge on any atom is 0.207 e. The third-order valence-corrected chi connectivity index (χ3v) is 4.85. The predicted octanol–water partition coefficient (Wildman–Crippen LogP) is 3.84. The van der Waals surface area contributed by atoms with Crippen molar-refractivity contribution < 1.29 is 0 Å². The smallest absolute Gasteiger partial charge is 0.207 e. The van der Waals surface area contributed by atoms with E-state index in [2.05, 4.69) is 60.1 Å². The van der Waals surface area contributed by atoms with Crippen LogP contribution in [0.25, 0.3) is 11.4 Å². The van der Waals surface area contributed by atoms with Crippen LogP contribution in [-0.2, 0) is 0 Å². The van der Waals surface area contributed by atoms with Gasteiger partial charge in [-0.3, -0.25) is 0 Å². The average Bonchev–Trinajstić information content (AvgIpc) is 2.99. The Morgan fingerprint density at radius 2 is 1.95 bits per heavy atom. The van der Waals surface area contributed by atoms with Crippen LogP contribution in [0.15, 0.2) is 50.7 Å². The number of fused-ring (bicyclic) bond motifs is 2. The van der Waals surface area contributed by atoms with Crippen LogP contribution in [0.2, 0.25) is 0 Å². The zero-order valence-electron chi connectivity index (χ0n) is 10.1. The van der Waals surface area contributed by atoms with Gasteiger partial charge in [0.05, 0.1) is 16.9 Å². The van der Waals surface area contributed by atoms with Gasteiger partial charge in [0, 0.05) is 14.3 Å². The summed E-state index contributed by atoms with van der Waals surface area (Å²) in [5, 5.41) is 17.8. The van der Waals surface area contributed by atoms with Crippen molar-refractivity contribution in [1.29, 1.82) is 0 Å². The number of nitrogens with zero attached hydrogens (tertiary/aromatic N) is 3. The van der Waals surface area contributed by atoms with Gasteiger partial charge < -0.3 is 5.32 Å². The van der Waals surface area contributed by atoms with E-state index in [1.54, 1.807) is 11.8 Å². The van der Waals surface area contributed by atoms with E-state index in [1.165, 1.54) is 4.90 Å². The number of nitrogens with one attached hydrogen (secondary N) is 2. The monoisotopic (exact) mass is 345 g/mol. The number of tetrazole rings is 1. The molecule has 2 N–H and O–H groups in total. The molecule has 1 aliphatic heterocycles. The quantitative estimate of drug-likeness (QED) is 0.548. The molecule has 0 saturated heterocycles. The molecule has 1 aromatic heterocycles. The zero-order valence-corrected chi connectivity index (χ0v) is 12.5. The van der Waals surface area contributed by atoms with E-state index in [0.29, 0.717) is 5.82 Å². The fraction of sp³-hybridized carbons (Fsp3) is 0. The molecule has 4 rings (SSSR count). The summed E-state index contributed by atoms with van der Waals surface area (Å²) in [5.74, 6) is 0.571. The van der Waals surface area contributed by atoms with Crippen molar-refractivity contribution in [3.63, 3.8) is 0 Å². The SMILES string of the molecule is Brc1ccc2c(c1-c1nn[nH]n1)Nc1ccccc1S2. The lowest BCUT2D eigenvalue weighted by molar-refractivity contribution is 0.881. The Morgan fingerprint density at radius 1 is 1.05 bits per heavy atom. The van der Waals surface area contributed by atoms with Crippen LogP contribution < -0.4 is 5.32 Å². The minimum Gasteiger partial charge on any atom is -0.353 e. The molecule has 7 heteroatoms. The maximum atomic E-state index is 4.08. The molecule has 0 fully saturated rings. The van der Waals surface area contributed by atoms with Gasteiger partial charge in [0.25, 0.3) is 0 Å². The van der Waals surface area contributed by atoms with Crippen LogP contribution in [0.4, 0.5) is 11.4 Å². The van der Waals surface area contributed by atoms with Crippen LogP contribution in [0.5, 0.6) is 0 Å². The summed E-state index contributed by atoms with van der Waals surface area (Å²) in [6.45, 7) is 0. The molecule has 0 radical (unpaired) electrons. The average molecular weight is 346 g/mol. The number of hydrogen-bond donors (Lipinski definition) is 2. The van der Waals surface area contributed by atoms with Gasteiger partial charge in [-0.15, -0.1) is 10.2 Å². The van der Waals surface area contributed by atoms with Gasteiger partial charge in [0.1, 0.15) is 0 Å². The summed E-state index contributed by atoms with van der Waals surface area (Å²) in [4.78, 5) is 2.35. The van der Waals surface area contributed by atoms with Crippen molar-refractivity contribution in [3.8, 4) is 11.4 Å². The highest BCUT2D eigenvalue weighted by Crippen LogP contribution is 2.49. The standard InChI is InChI=1S/C13H8BrN5S/c14-7-5-6-10-12(11(7)13-16-18-19-17-13)15-8-3-1-2-4-9(8)20-10/h1-6,15H,(H,16,17,18,19). The summed E-state index contributed by atoms with van der Waals surface area (Å²) in [6.07, 6.45) is 0. The first kappa shape index (κ1) is 11.9. The maximum absolute atomic E-state index is 4.08. The number of H-pyrrole nitrogens is 1. The number of rotatable bonds is 1. The van der Waals surface area contributed by atoms with Gasteiger partial charge in [0.2, 0.25) is 5.82 Å². The van der Waals surface area contributed by atoms with Crippen LogP contribution in [0.3, 0.4) is 0 Å². The first-order valence-corrected chi connectivity index (χ1v) is 7.54. The Hall–Kier alpha value is -1.86. The van der Waals surface area contributed by atoms with Crippen LogP contribution in [0, 0.1) is 0 Å². The first-order valence-electron chi connectivity index (χ1n) is 5.93. The van der Waals surface area contributed by atoms with E-state index in [-0.39, 0.29) is 0 Å². The highest BCUT2D eigenvalue weighted by molar-refractivity contribution is 9.10. The normalized spacial score (nSPS) is 12.4. The molecule has 0 spiro atoms. The largest absolute Gasteiger partial charge is 0.353 e. The topological polar surface area (TPSA) is 66.5 Å². The Kier molecular flexibility index (Phi) is 2.75. The number of hydrogen-bond acceptors (Lipinski definition) is 5. The Morgan fingerprint density at radius 3 is 2.80 bits per heavy atom. The Bertz CT molecular complexity index is 787. The molecule has 0 aliphatic carbocycles. The molecule has 0 saturated carbocycles. The molecule has 0 amide bonds. The fourth-order valence-corrected chi connectivity index (χ4v) is 3.68. The van der Waals surface area contributed by atoms with Crippen molar-refractivity contribution in [3.05, 3.63) is 40.9 Å². The number of para-hydroxylation sites is 1. The molecule has 0 atom stereocenters. The highest BCUT2D eigenvalue weighted by Gasteiger charge is 2.22. The van der Waals surface area contributed by atoms with E-state index in [0.717, 1.165) is 26.3 Å². The molecule has 3 aromatic rings. The minimum atomic E-state index is 0.571. The summed E-state index contributed by atoms with van der Waals surface area (Å²) >= 11 is 5.30. The third-order valence-electron chi connectivity index (χ3n) is 3.05. The molecular weight excluding hydrogens is 338 g/mol. The van der Waals surface area contributed by atoms with E-state index < -0.39 is 0 Å². The number of benzene rings is 2. The summed E-state index contributed by atoms with van der Waals surface area (Å²) < 4.78 is 0.935. The van der Waals surface area contributed by atoms with E-state index in [9.17, 15) is 0 Å². The Labute approximate surface area is 127 Å². The van der Waals surface area contributed by atoms with Crippen LogP contribution >= 0.6 is 27.7 Å². The summed E-state index contributed by atoms with van der Waals surface area (Å²) in [6, 6.07) is 12.3. The van der Waals surface area contributed by atoms with Gasteiger partial charge in [-0.1, -0.05) is 23.9 Å². The lowest BCUT2D eigenvalue weighted by atomic mass is 10.1. The van der Waals surface area contributed by atoms with Crippen molar-refractivity contribution in [1.82, 2.24) is 20.6 Å². The van der Waals surface area contributed by atoms with Gasteiger partial charge in [0.15, 0.2) is 0 Å². The lowest BCUT2D eigenvalue weighted by Gasteiger charge is -2.23. The molecule has 0 unspecified atom stereocenters. The van der Waals surface area contributed by atoms with Crippen molar-refractivity contribution in [2.45, 2.75) is 9.79 Å². The van der Waals surface area contributed by atoms with E-state index >= 15 is 0 Å². The van der Waals surface area contributed by atoms with Gasteiger partial charge in [-0.2, -0.15) is 5.21 Å². The number of anilines is 2. The zero-order chi connectivity index (χ0) is 13.5. The van der Waals surface area contributed by atoms with Crippen LogP contribution in [0.1, 0.15) is 0 Å². The minimum absolute atomic E-state index is 0.571. The second-order valence-corrected chi connectivity index (χ2v) is 6.19. The molecule has 5 nitrogen and oxygen atoms in total. The third kappa shape index (κ3) is 1.82. The molecular formula is C13H8BrN5S. The van der Waals surface area contributed by atoms with Gasteiger partial charge in [-0.05, 0) is 45.4 Å².